The molecule has 1 saturated heterocycles. The van der Waals surface area contributed by atoms with Crippen molar-refractivity contribution >= 4 is 5.69 Å². The van der Waals surface area contributed by atoms with Gasteiger partial charge in [-0.15, -0.1) is 0 Å². The number of anilines is 1. The Bertz CT molecular complexity index is 327. The molecule has 0 saturated carbocycles. The molecule has 2 N–H and O–H groups in total. The molecule has 1 aromatic heterocycles. The number of nitrogens with two attached hydrogens (primary N) is 1. The molecule has 82 valence electrons. The van der Waals surface area contributed by atoms with Crippen LogP contribution in [0.1, 0.15) is 19.5 Å². The largest absolute Gasteiger partial charge is 0.399 e. The number of hydrogen-bond acceptors (Lipinski definition) is 3. The molecule has 1 fully saturated rings. The predicted molar refractivity (Wildman–Crippen MR) is 62.3 cm³/mol. The molecule has 0 spiro atoms. The quantitative estimate of drug-likeness (QED) is 0.800. The highest BCUT2D eigenvalue weighted by Crippen LogP contribution is 2.23. The summed E-state index contributed by atoms with van der Waals surface area (Å²) in [6.07, 6.45) is 1.79. The third kappa shape index (κ3) is 2.48. The van der Waals surface area contributed by atoms with Crippen LogP contribution in [-0.2, 0) is 6.54 Å². The number of likely N-dealkylation sites (tertiary alicyclic amines) is 1. The standard InChI is InChI=1S/C12H19N3/c1-9-6-15(7-10(9)2)8-12-5-11(13)3-4-14-12/h3-5,9-10H,6-8H2,1-2H3,(H2,13,14). The molecule has 3 nitrogen and oxygen atoms in total. The molecule has 0 aliphatic carbocycles. The van der Waals surface area contributed by atoms with Crippen molar-refractivity contribution in [1.29, 1.82) is 0 Å². The molecule has 1 aliphatic rings. The average Bonchev–Trinajstić information content (AvgIpc) is 2.45. The fraction of sp³-hybridized carbons (Fsp3) is 0.583. The van der Waals surface area contributed by atoms with Crippen LogP contribution in [0.4, 0.5) is 5.69 Å². The highest BCUT2D eigenvalue weighted by Gasteiger charge is 2.25. The Morgan fingerprint density at radius 3 is 2.67 bits per heavy atom. The summed E-state index contributed by atoms with van der Waals surface area (Å²) in [6.45, 7) is 7.92. The Labute approximate surface area is 91.3 Å². The van der Waals surface area contributed by atoms with Gasteiger partial charge in [-0.25, -0.2) is 0 Å². The number of hydrogen-bond donors (Lipinski definition) is 1. The van der Waals surface area contributed by atoms with Crippen molar-refractivity contribution in [1.82, 2.24) is 9.88 Å². The Hall–Kier alpha value is -1.09. The number of rotatable bonds is 2. The minimum Gasteiger partial charge on any atom is -0.399 e. The monoisotopic (exact) mass is 205 g/mol. The van der Waals surface area contributed by atoms with Crippen LogP contribution in [-0.4, -0.2) is 23.0 Å². The van der Waals surface area contributed by atoms with Gasteiger partial charge in [0.1, 0.15) is 0 Å². The first kappa shape index (κ1) is 10.4. The fourth-order valence-corrected chi connectivity index (χ4v) is 2.19. The minimum atomic E-state index is 0.797. The Morgan fingerprint density at radius 1 is 1.40 bits per heavy atom. The van der Waals surface area contributed by atoms with Gasteiger partial charge in [-0.2, -0.15) is 0 Å². The van der Waals surface area contributed by atoms with E-state index in [1.54, 1.807) is 6.20 Å². The van der Waals surface area contributed by atoms with E-state index in [0.29, 0.717) is 0 Å². The molecule has 2 unspecified atom stereocenters. The topological polar surface area (TPSA) is 42.1 Å². The van der Waals surface area contributed by atoms with Gasteiger partial charge < -0.3 is 5.73 Å². The van der Waals surface area contributed by atoms with Gasteiger partial charge in [0.15, 0.2) is 0 Å². The van der Waals surface area contributed by atoms with Gasteiger partial charge in [0, 0.05) is 31.5 Å². The summed E-state index contributed by atoms with van der Waals surface area (Å²) < 4.78 is 0. The lowest BCUT2D eigenvalue weighted by molar-refractivity contribution is 0.312. The van der Waals surface area contributed by atoms with Crippen LogP contribution in [0.3, 0.4) is 0 Å². The van der Waals surface area contributed by atoms with Crippen LogP contribution < -0.4 is 5.73 Å². The van der Waals surface area contributed by atoms with Crippen LogP contribution in [0.25, 0.3) is 0 Å². The summed E-state index contributed by atoms with van der Waals surface area (Å²) in [5.74, 6) is 1.59. The van der Waals surface area contributed by atoms with Gasteiger partial charge in [0.2, 0.25) is 0 Å². The third-order valence-corrected chi connectivity index (χ3v) is 3.29. The molecule has 0 amide bonds. The van der Waals surface area contributed by atoms with Crippen molar-refractivity contribution in [3.8, 4) is 0 Å². The maximum absolute atomic E-state index is 5.73. The average molecular weight is 205 g/mol. The van der Waals surface area contributed by atoms with E-state index in [1.807, 2.05) is 12.1 Å². The van der Waals surface area contributed by atoms with Crippen molar-refractivity contribution in [3.63, 3.8) is 0 Å². The zero-order valence-electron chi connectivity index (χ0n) is 9.48. The van der Waals surface area contributed by atoms with E-state index < -0.39 is 0 Å². The molecule has 0 radical (unpaired) electrons. The van der Waals surface area contributed by atoms with Crippen molar-refractivity contribution in [2.75, 3.05) is 18.8 Å². The van der Waals surface area contributed by atoms with Crippen LogP contribution in [0, 0.1) is 11.8 Å². The summed E-state index contributed by atoms with van der Waals surface area (Å²) in [7, 11) is 0. The molecule has 2 rings (SSSR count). The zero-order valence-corrected chi connectivity index (χ0v) is 9.48. The second-order valence-electron chi connectivity index (χ2n) is 4.73. The van der Waals surface area contributed by atoms with Crippen molar-refractivity contribution < 1.29 is 0 Å². The zero-order chi connectivity index (χ0) is 10.8. The van der Waals surface area contributed by atoms with E-state index in [-0.39, 0.29) is 0 Å². The van der Waals surface area contributed by atoms with Crippen LogP contribution in [0.2, 0.25) is 0 Å². The molecular formula is C12H19N3. The number of pyridine rings is 1. The summed E-state index contributed by atoms with van der Waals surface area (Å²) in [4.78, 5) is 6.79. The lowest BCUT2D eigenvalue weighted by Gasteiger charge is -2.14. The first-order chi connectivity index (χ1) is 7.15. The Morgan fingerprint density at radius 2 is 2.07 bits per heavy atom. The first-order valence-corrected chi connectivity index (χ1v) is 5.58. The van der Waals surface area contributed by atoms with Crippen LogP contribution >= 0.6 is 0 Å². The lowest BCUT2D eigenvalue weighted by Crippen LogP contribution is -2.20. The van der Waals surface area contributed by atoms with E-state index in [1.165, 1.54) is 13.1 Å². The highest BCUT2D eigenvalue weighted by molar-refractivity contribution is 5.37. The van der Waals surface area contributed by atoms with Crippen molar-refractivity contribution in [2.45, 2.75) is 20.4 Å². The summed E-state index contributed by atoms with van der Waals surface area (Å²) in [5, 5.41) is 0. The Balaban J connectivity index is 1.98. The smallest absolute Gasteiger partial charge is 0.0564 e. The maximum Gasteiger partial charge on any atom is 0.0564 e. The number of nitrogen functional groups attached to an aromatic ring is 1. The number of nitrogens with zero attached hydrogens (tertiary/aromatic N) is 2. The van der Waals surface area contributed by atoms with Gasteiger partial charge in [-0.3, -0.25) is 9.88 Å². The molecule has 3 heteroatoms. The SMILES string of the molecule is CC1CN(Cc2cc(N)ccn2)CC1C. The molecule has 2 atom stereocenters. The lowest BCUT2D eigenvalue weighted by atomic mass is 10.0. The summed E-state index contributed by atoms with van der Waals surface area (Å²) in [6, 6.07) is 3.80. The predicted octanol–water partition coefficient (Wildman–Crippen LogP) is 1.75. The molecule has 0 aromatic carbocycles. The fourth-order valence-electron chi connectivity index (χ4n) is 2.19. The van der Waals surface area contributed by atoms with Gasteiger partial charge >= 0.3 is 0 Å². The van der Waals surface area contributed by atoms with Crippen molar-refractivity contribution in [2.24, 2.45) is 11.8 Å². The van der Waals surface area contributed by atoms with E-state index in [0.717, 1.165) is 29.8 Å². The van der Waals surface area contributed by atoms with Crippen LogP contribution in [0.15, 0.2) is 18.3 Å². The molecule has 2 heterocycles. The van der Waals surface area contributed by atoms with Gasteiger partial charge in [-0.05, 0) is 24.0 Å². The summed E-state index contributed by atoms with van der Waals surface area (Å²) in [5.41, 5.74) is 7.61. The molecule has 15 heavy (non-hydrogen) atoms. The molecule has 0 bridgehead atoms. The molecule has 1 aliphatic heterocycles. The normalized spacial score (nSPS) is 27.1. The van der Waals surface area contributed by atoms with E-state index in [9.17, 15) is 0 Å². The third-order valence-electron chi connectivity index (χ3n) is 3.29. The molecular weight excluding hydrogens is 186 g/mol. The Kier molecular flexibility index (Phi) is 2.91. The maximum atomic E-state index is 5.73. The van der Waals surface area contributed by atoms with E-state index >= 15 is 0 Å². The first-order valence-electron chi connectivity index (χ1n) is 5.58. The second-order valence-corrected chi connectivity index (χ2v) is 4.73. The number of aromatic nitrogens is 1. The van der Waals surface area contributed by atoms with Gasteiger partial charge in [0.05, 0.1) is 5.69 Å². The van der Waals surface area contributed by atoms with Gasteiger partial charge in [-0.1, -0.05) is 13.8 Å². The highest BCUT2D eigenvalue weighted by atomic mass is 15.2. The van der Waals surface area contributed by atoms with Gasteiger partial charge in [0.25, 0.3) is 0 Å². The summed E-state index contributed by atoms with van der Waals surface area (Å²) >= 11 is 0. The minimum absolute atomic E-state index is 0.797. The van der Waals surface area contributed by atoms with E-state index in [2.05, 4.69) is 23.7 Å². The van der Waals surface area contributed by atoms with E-state index in [4.69, 9.17) is 5.73 Å². The van der Waals surface area contributed by atoms with Crippen molar-refractivity contribution in [3.05, 3.63) is 24.0 Å². The molecule has 1 aromatic rings. The second kappa shape index (κ2) is 4.19. The van der Waals surface area contributed by atoms with Crippen LogP contribution in [0.5, 0.6) is 0 Å².